The zero-order chi connectivity index (χ0) is 19.9. The highest BCUT2D eigenvalue weighted by Gasteiger charge is 2.32. The summed E-state index contributed by atoms with van der Waals surface area (Å²) in [6.45, 7) is 6.73. The van der Waals surface area contributed by atoms with Crippen LogP contribution in [0, 0.1) is 17.2 Å². The molecule has 2 unspecified atom stereocenters. The van der Waals surface area contributed by atoms with Crippen molar-refractivity contribution in [2.75, 3.05) is 26.2 Å². The van der Waals surface area contributed by atoms with Gasteiger partial charge in [0.15, 0.2) is 0 Å². The number of ether oxygens (including phenoxy) is 1. The molecule has 1 heterocycles. The molecular formula is C23H27N3O2. The number of piperazine rings is 1. The van der Waals surface area contributed by atoms with Gasteiger partial charge < -0.3 is 9.64 Å². The maximum Gasteiger partial charge on any atom is 0.268 e. The fourth-order valence-electron chi connectivity index (χ4n) is 3.56. The van der Waals surface area contributed by atoms with E-state index in [1.807, 2.05) is 65.6 Å². The van der Waals surface area contributed by atoms with Crippen LogP contribution in [0.15, 0.2) is 60.7 Å². The minimum atomic E-state index is -0.674. The SMILES string of the molecule is CC(C)C(C#N)N1CCN(C(=O)C(Oc2ccccc2)c2ccccc2)CC1. The molecule has 146 valence electrons. The molecule has 28 heavy (non-hydrogen) atoms. The molecule has 1 aliphatic heterocycles. The number of rotatable bonds is 6. The third-order valence-electron chi connectivity index (χ3n) is 5.11. The number of benzene rings is 2. The number of hydrogen-bond donors (Lipinski definition) is 0. The number of carbonyl (C=O) groups is 1. The zero-order valence-corrected chi connectivity index (χ0v) is 16.5. The van der Waals surface area contributed by atoms with E-state index in [1.165, 1.54) is 0 Å². The average molecular weight is 377 g/mol. The number of amides is 1. The lowest BCUT2D eigenvalue weighted by Gasteiger charge is -2.39. The summed E-state index contributed by atoms with van der Waals surface area (Å²) in [4.78, 5) is 17.3. The minimum Gasteiger partial charge on any atom is -0.476 e. The molecule has 1 amide bonds. The summed E-state index contributed by atoms with van der Waals surface area (Å²) in [5.41, 5.74) is 0.843. The lowest BCUT2D eigenvalue weighted by molar-refractivity contribution is -0.141. The predicted molar refractivity (Wildman–Crippen MR) is 109 cm³/mol. The van der Waals surface area contributed by atoms with Crippen LogP contribution >= 0.6 is 0 Å². The Morgan fingerprint density at radius 3 is 2.07 bits per heavy atom. The standard InChI is InChI=1S/C23H27N3O2/c1-18(2)21(17-24)25-13-15-26(16-14-25)23(27)22(19-9-5-3-6-10-19)28-20-11-7-4-8-12-20/h3-12,18,21-22H,13-16H2,1-2H3. The molecule has 2 aromatic carbocycles. The topological polar surface area (TPSA) is 56.6 Å². The predicted octanol–water partition coefficient (Wildman–Crippen LogP) is 3.50. The van der Waals surface area contributed by atoms with Gasteiger partial charge >= 0.3 is 0 Å². The summed E-state index contributed by atoms with van der Waals surface area (Å²) >= 11 is 0. The van der Waals surface area contributed by atoms with Crippen molar-refractivity contribution < 1.29 is 9.53 Å². The molecule has 5 heteroatoms. The summed E-state index contributed by atoms with van der Waals surface area (Å²) in [5.74, 6) is 0.909. The first-order chi connectivity index (χ1) is 13.6. The Hall–Kier alpha value is -2.84. The smallest absolute Gasteiger partial charge is 0.268 e. The molecule has 0 saturated carbocycles. The van der Waals surface area contributed by atoms with E-state index in [2.05, 4.69) is 24.8 Å². The Labute approximate surface area is 167 Å². The van der Waals surface area contributed by atoms with Gasteiger partial charge in [0.25, 0.3) is 5.91 Å². The summed E-state index contributed by atoms with van der Waals surface area (Å²) in [6, 6.07) is 21.3. The Bertz CT molecular complexity index is 794. The van der Waals surface area contributed by atoms with Gasteiger partial charge in [0.1, 0.15) is 11.8 Å². The molecule has 1 saturated heterocycles. The van der Waals surface area contributed by atoms with Crippen molar-refractivity contribution in [3.63, 3.8) is 0 Å². The molecule has 1 aliphatic rings. The summed E-state index contributed by atoms with van der Waals surface area (Å²) in [6.07, 6.45) is -0.674. The van der Waals surface area contributed by atoms with Crippen LogP contribution in [0.25, 0.3) is 0 Å². The normalized spacial score (nSPS) is 17.0. The van der Waals surface area contributed by atoms with Crippen LogP contribution in [0.5, 0.6) is 5.75 Å². The van der Waals surface area contributed by atoms with Crippen LogP contribution in [0.2, 0.25) is 0 Å². The third-order valence-corrected chi connectivity index (χ3v) is 5.11. The van der Waals surface area contributed by atoms with Gasteiger partial charge in [-0.2, -0.15) is 5.26 Å². The Morgan fingerprint density at radius 1 is 0.964 bits per heavy atom. The van der Waals surface area contributed by atoms with Crippen LogP contribution < -0.4 is 4.74 Å². The lowest BCUT2D eigenvalue weighted by Crippen LogP contribution is -2.54. The molecule has 1 fully saturated rings. The molecule has 0 aliphatic carbocycles. The Balaban J connectivity index is 1.73. The van der Waals surface area contributed by atoms with E-state index in [0.29, 0.717) is 31.9 Å². The van der Waals surface area contributed by atoms with Crippen molar-refractivity contribution in [3.05, 3.63) is 66.2 Å². The van der Waals surface area contributed by atoms with Gasteiger partial charge in [0, 0.05) is 31.7 Å². The van der Waals surface area contributed by atoms with Gasteiger partial charge in [0.05, 0.1) is 6.07 Å². The molecular weight excluding hydrogens is 350 g/mol. The highest BCUT2D eigenvalue weighted by atomic mass is 16.5. The number of para-hydroxylation sites is 1. The molecule has 0 radical (unpaired) electrons. The highest BCUT2D eigenvalue weighted by Crippen LogP contribution is 2.25. The van der Waals surface area contributed by atoms with Gasteiger partial charge in [-0.05, 0) is 18.1 Å². The van der Waals surface area contributed by atoms with Crippen LogP contribution in [0.3, 0.4) is 0 Å². The molecule has 3 rings (SSSR count). The first kappa shape index (κ1) is 19.9. The molecule has 0 spiro atoms. The van der Waals surface area contributed by atoms with E-state index in [0.717, 1.165) is 5.56 Å². The van der Waals surface area contributed by atoms with Crippen molar-refractivity contribution in [1.29, 1.82) is 5.26 Å². The molecule has 0 N–H and O–H groups in total. The van der Waals surface area contributed by atoms with E-state index >= 15 is 0 Å². The van der Waals surface area contributed by atoms with Gasteiger partial charge in [-0.3, -0.25) is 9.69 Å². The summed E-state index contributed by atoms with van der Waals surface area (Å²) < 4.78 is 6.09. The number of nitrogens with zero attached hydrogens (tertiary/aromatic N) is 3. The fraction of sp³-hybridized carbons (Fsp3) is 0.391. The van der Waals surface area contributed by atoms with Gasteiger partial charge in [-0.15, -0.1) is 0 Å². The average Bonchev–Trinajstić information content (AvgIpc) is 2.74. The fourth-order valence-corrected chi connectivity index (χ4v) is 3.56. The second kappa shape index (κ2) is 9.38. The number of hydrogen-bond acceptors (Lipinski definition) is 4. The molecule has 5 nitrogen and oxygen atoms in total. The Morgan fingerprint density at radius 2 is 1.54 bits per heavy atom. The van der Waals surface area contributed by atoms with Crippen molar-refractivity contribution in [3.8, 4) is 11.8 Å². The maximum absolute atomic E-state index is 13.3. The quantitative estimate of drug-likeness (QED) is 0.773. The third kappa shape index (κ3) is 4.71. The van der Waals surface area contributed by atoms with Gasteiger partial charge in [-0.25, -0.2) is 0 Å². The minimum absolute atomic E-state index is 0.0345. The lowest BCUT2D eigenvalue weighted by atomic mass is 10.0. The van der Waals surface area contributed by atoms with Gasteiger partial charge in [-0.1, -0.05) is 62.4 Å². The molecule has 0 aromatic heterocycles. The molecule has 2 atom stereocenters. The molecule has 2 aromatic rings. The Kier molecular flexibility index (Phi) is 6.67. The largest absolute Gasteiger partial charge is 0.476 e. The van der Waals surface area contributed by atoms with E-state index in [9.17, 15) is 10.1 Å². The van der Waals surface area contributed by atoms with Crippen LogP contribution in [0.4, 0.5) is 0 Å². The van der Waals surface area contributed by atoms with E-state index in [4.69, 9.17) is 4.74 Å². The number of nitriles is 1. The summed E-state index contributed by atoms with van der Waals surface area (Å²) in [5, 5.41) is 9.43. The highest BCUT2D eigenvalue weighted by molar-refractivity contribution is 5.83. The number of carbonyl (C=O) groups excluding carboxylic acids is 1. The monoisotopic (exact) mass is 377 g/mol. The van der Waals surface area contributed by atoms with Crippen LogP contribution in [0.1, 0.15) is 25.5 Å². The first-order valence-corrected chi connectivity index (χ1v) is 9.79. The van der Waals surface area contributed by atoms with Crippen LogP contribution in [-0.4, -0.2) is 47.9 Å². The second-order valence-electron chi connectivity index (χ2n) is 7.40. The summed E-state index contributed by atoms with van der Waals surface area (Å²) in [7, 11) is 0. The first-order valence-electron chi connectivity index (χ1n) is 9.79. The van der Waals surface area contributed by atoms with Crippen molar-refractivity contribution >= 4 is 5.91 Å². The van der Waals surface area contributed by atoms with Gasteiger partial charge in [0.2, 0.25) is 6.10 Å². The van der Waals surface area contributed by atoms with E-state index in [-0.39, 0.29) is 17.9 Å². The van der Waals surface area contributed by atoms with Crippen molar-refractivity contribution in [1.82, 2.24) is 9.80 Å². The van der Waals surface area contributed by atoms with E-state index < -0.39 is 6.10 Å². The van der Waals surface area contributed by atoms with E-state index in [1.54, 1.807) is 0 Å². The zero-order valence-electron chi connectivity index (χ0n) is 16.5. The van der Waals surface area contributed by atoms with Crippen molar-refractivity contribution in [2.45, 2.75) is 26.0 Å². The maximum atomic E-state index is 13.3. The second-order valence-corrected chi connectivity index (χ2v) is 7.40. The molecule has 0 bridgehead atoms. The van der Waals surface area contributed by atoms with Crippen molar-refractivity contribution in [2.24, 2.45) is 5.92 Å². The van der Waals surface area contributed by atoms with Crippen LogP contribution in [-0.2, 0) is 4.79 Å².